The number of hydrogen-bond donors (Lipinski definition) is 2. The van der Waals surface area contributed by atoms with Crippen LogP contribution in [0.3, 0.4) is 0 Å². The van der Waals surface area contributed by atoms with Crippen LogP contribution in [-0.2, 0) is 9.59 Å². The summed E-state index contributed by atoms with van der Waals surface area (Å²) in [5, 5.41) is 12.1. The van der Waals surface area contributed by atoms with E-state index in [0.29, 0.717) is 24.3 Å². The van der Waals surface area contributed by atoms with Crippen molar-refractivity contribution in [3.63, 3.8) is 0 Å². The molecule has 1 atom stereocenters. The van der Waals surface area contributed by atoms with Crippen molar-refractivity contribution in [3.8, 4) is 5.75 Å². The van der Waals surface area contributed by atoms with Gasteiger partial charge in [0, 0.05) is 29.2 Å². The Labute approximate surface area is 186 Å². The number of methoxy groups -OCH3 is 1. The minimum Gasteiger partial charge on any atom is -0.507 e. The van der Waals surface area contributed by atoms with Crippen molar-refractivity contribution in [1.29, 1.82) is 0 Å². The van der Waals surface area contributed by atoms with Crippen LogP contribution in [0, 0.1) is 0 Å². The molecule has 0 spiro atoms. The van der Waals surface area contributed by atoms with Gasteiger partial charge in [-0.15, -0.1) is 0 Å². The van der Waals surface area contributed by atoms with Gasteiger partial charge in [-0.05, 0) is 50.8 Å². The summed E-state index contributed by atoms with van der Waals surface area (Å²) in [7, 11) is 5.51. The fourth-order valence-electron chi connectivity index (χ4n) is 4.21. The summed E-state index contributed by atoms with van der Waals surface area (Å²) in [4.78, 5) is 32.9. The molecular weight excluding hydrogens is 406 g/mol. The number of ether oxygens (including phenoxy) is 1. The average Bonchev–Trinajstić information content (AvgIpc) is 3.33. The summed E-state index contributed by atoms with van der Waals surface area (Å²) in [6, 6.07) is 14.1. The van der Waals surface area contributed by atoms with Crippen LogP contribution >= 0.6 is 0 Å². The number of aromatic amines is 1. The number of para-hydroxylation sites is 1. The fraction of sp³-hybridized carbons (Fsp3) is 0.280. The summed E-state index contributed by atoms with van der Waals surface area (Å²) in [6.07, 6.45) is 2.38. The number of carbonyl (C=O) groups is 2. The highest BCUT2D eigenvalue weighted by molar-refractivity contribution is 6.46. The third-order valence-corrected chi connectivity index (χ3v) is 5.82. The molecule has 32 heavy (non-hydrogen) atoms. The van der Waals surface area contributed by atoms with E-state index in [1.807, 2.05) is 55.4 Å². The van der Waals surface area contributed by atoms with Gasteiger partial charge in [-0.1, -0.05) is 30.3 Å². The Morgan fingerprint density at radius 2 is 1.84 bits per heavy atom. The standard InChI is InChI=1S/C25H27N3O4/c1-27(2)13-6-14-28-22(16-9-11-17(32-3)12-10-16)21(24(30)25(28)31)23(29)19-15-26-20-8-5-4-7-18(19)20/h4-5,7-12,15,22,26,29H,6,13-14H2,1-3H3/b23-21+/t22-/m0/s1. The maximum absolute atomic E-state index is 13.1. The first-order valence-corrected chi connectivity index (χ1v) is 10.6. The van der Waals surface area contributed by atoms with E-state index in [-0.39, 0.29) is 11.3 Å². The number of carbonyl (C=O) groups excluding carboxylic acids is 2. The molecule has 0 radical (unpaired) electrons. The second-order valence-electron chi connectivity index (χ2n) is 8.17. The van der Waals surface area contributed by atoms with Gasteiger partial charge in [0.25, 0.3) is 11.7 Å². The van der Waals surface area contributed by atoms with Crippen LogP contribution in [0.5, 0.6) is 5.75 Å². The van der Waals surface area contributed by atoms with Gasteiger partial charge in [0.1, 0.15) is 11.5 Å². The van der Waals surface area contributed by atoms with Gasteiger partial charge >= 0.3 is 0 Å². The molecule has 1 aliphatic heterocycles. The molecular formula is C25H27N3O4. The number of benzene rings is 2. The minimum absolute atomic E-state index is 0.106. The maximum Gasteiger partial charge on any atom is 0.295 e. The van der Waals surface area contributed by atoms with Gasteiger partial charge < -0.3 is 24.6 Å². The number of nitrogens with one attached hydrogen (secondary N) is 1. The Bertz CT molecular complexity index is 1180. The van der Waals surface area contributed by atoms with E-state index in [2.05, 4.69) is 4.98 Å². The summed E-state index contributed by atoms with van der Waals surface area (Å²) in [5.74, 6) is -0.754. The number of hydrogen-bond acceptors (Lipinski definition) is 5. The van der Waals surface area contributed by atoms with Crippen molar-refractivity contribution in [3.05, 3.63) is 71.4 Å². The predicted octanol–water partition coefficient (Wildman–Crippen LogP) is 3.55. The highest BCUT2D eigenvalue weighted by atomic mass is 16.5. The number of Topliss-reactive ketones (excluding diaryl/α,β-unsaturated/α-hetero) is 1. The average molecular weight is 434 g/mol. The van der Waals surface area contributed by atoms with Crippen LogP contribution in [-0.4, -0.2) is 65.9 Å². The molecule has 1 amide bonds. The first-order valence-electron chi connectivity index (χ1n) is 10.6. The summed E-state index contributed by atoms with van der Waals surface area (Å²) in [5.41, 5.74) is 2.20. The summed E-state index contributed by atoms with van der Waals surface area (Å²) in [6.45, 7) is 1.19. The zero-order chi connectivity index (χ0) is 22.8. The zero-order valence-corrected chi connectivity index (χ0v) is 18.5. The number of H-pyrrole nitrogens is 1. The lowest BCUT2D eigenvalue weighted by Crippen LogP contribution is -2.32. The number of likely N-dealkylation sites (tertiary alicyclic amines) is 1. The molecule has 1 fully saturated rings. The zero-order valence-electron chi connectivity index (χ0n) is 18.5. The van der Waals surface area contributed by atoms with Crippen LogP contribution in [0.25, 0.3) is 16.7 Å². The van der Waals surface area contributed by atoms with Crippen molar-refractivity contribution >= 4 is 28.4 Å². The Morgan fingerprint density at radius 3 is 2.53 bits per heavy atom. The smallest absolute Gasteiger partial charge is 0.295 e. The molecule has 3 aromatic rings. The number of amides is 1. The first-order chi connectivity index (χ1) is 15.4. The second kappa shape index (κ2) is 8.88. The molecule has 0 unspecified atom stereocenters. The molecule has 2 N–H and O–H groups in total. The van der Waals surface area contributed by atoms with Gasteiger partial charge in [0.05, 0.1) is 18.7 Å². The number of aliphatic hydroxyl groups excluding tert-OH is 1. The lowest BCUT2D eigenvalue weighted by atomic mass is 9.95. The van der Waals surface area contributed by atoms with E-state index in [9.17, 15) is 14.7 Å². The Morgan fingerprint density at radius 1 is 1.12 bits per heavy atom. The highest BCUT2D eigenvalue weighted by Crippen LogP contribution is 2.40. The van der Waals surface area contributed by atoms with Crippen molar-refractivity contribution < 1.29 is 19.4 Å². The molecule has 7 nitrogen and oxygen atoms in total. The van der Waals surface area contributed by atoms with Crippen molar-refractivity contribution in [1.82, 2.24) is 14.8 Å². The van der Waals surface area contributed by atoms with Crippen LogP contribution < -0.4 is 4.74 Å². The van der Waals surface area contributed by atoms with E-state index in [1.165, 1.54) is 0 Å². The van der Waals surface area contributed by atoms with Crippen LogP contribution in [0.1, 0.15) is 23.6 Å². The number of ketones is 1. The van der Waals surface area contributed by atoms with Crippen molar-refractivity contribution in [2.24, 2.45) is 0 Å². The lowest BCUT2D eigenvalue weighted by molar-refractivity contribution is -0.139. The second-order valence-corrected chi connectivity index (χ2v) is 8.17. The molecule has 0 aliphatic carbocycles. The van der Waals surface area contributed by atoms with E-state index in [0.717, 1.165) is 23.0 Å². The van der Waals surface area contributed by atoms with Crippen molar-refractivity contribution in [2.75, 3.05) is 34.3 Å². The van der Waals surface area contributed by atoms with Gasteiger partial charge in [-0.3, -0.25) is 9.59 Å². The summed E-state index contributed by atoms with van der Waals surface area (Å²) < 4.78 is 5.26. The molecule has 0 saturated carbocycles. The molecule has 1 saturated heterocycles. The van der Waals surface area contributed by atoms with Crippen LogP contribution in [0.4, 0.5) is 0 Å². The number of aromatic nitrogens is 1. The number of fused-ring (bicyclic) bond motifs is 1. The van der Waals surface area contributed by atoms with Crippen LogP contribution in [0.2, 0.25) is 0 Å². The lowest BCUT2D eigenvalue weighted by Gasteiger charge is -2.26. The molecule has 7 heteroatoms. The monoisotopic (exact) mass is 433 g/mol. The molecule has 0 bridgehead atoms. The van der Waals surface area contributed by atoms with Crippen LogP contribution in [0.15, 0.2) is 60.3 Å². The molecule has 1 aliphatic rings. The molecule has 2 aromatic carbocycles. The number of rotatable bonds is 7. The topological polar surface area (TPSA) is 85.9 Å². The normalized spacial score (nSPS) is 18.1. The Hall–Kier alpha value is -3.58. The molecule has 1 aromatic heterocycles. The quantitative estimate of drug-likeness (QED) is 0.338. The molecule has 166 valence electrons. The van der Waals surface area contributed by atoms with Gasteiger partial charge in [0.15, 0.2) is 0 Å². The number of aliphatic hydroxyl groups is 1. The third-order valence-electron chi connectivity index (χ3n) is 5.82. The van der Waals surface area contributed by atoms with E-state index in [1.54, 1.807) is 30.3 Å². The Kier molecular flexibility index (Phi) is 6.01. The molecule has 2 heterocycles. The van der Waals surface area contributed by atoms with E-state index >= 15 is 0 Å². The first kappa shape index (κ1) is 21.6. The molecule has 4 rings (SSSR count). The van der Waals surface area contributed by atoms with Gasteiger partial charge in [0.2, 0.25) is 0 Å². The summed E-state index contributed by atoms with van der Waals surface area (Å²) >= 11 is 0. The third kappa shape index (κ3) is 3.87. The predicted molar refractivity (Wildman–Crippen MR) is 123 cm³/mol. The van der Waals surface area contributed by atoms with Crippen molar-refractivity contribution in [2.45, 2.75) is 12.5 Å². The number of nitrogens with zero attached hydrogens (tertiary/aromatic N) is 2. The minimum atomic E-state index is -0.670. The fourth-order valence-corrected chi connectivity index (χ4v) is 4.21. The highest BCUT2D eigenvalue weighted by Gasteiger charge is 2.46. The maximum atomic E-state index is 13.1. The largest absolute Gasteiger partial charge is 0.507 e. The van der Waals surface area contributed by atoms with Gasteiger partial charge in [-0.2, -0.15) is 0 Å². The van der Waals surface area contributed by atoms with E-state index in [4.69, 9.17) is 4.74 Å². The van der Waals surface area contributed by atoms with E-state index < -0.39 is 17.7 Å². The Balaban J connectivity index is 1.83. The SMILES string of the molecule is COc1ccc([C@H]2/C(=C(\O)c3c[nH]c4ccccc34)C(=O)C(=O)N2CCCN(C)C)cc1. The van der Waals surface area contributed by atoms with Gasteiger partial charge in [-0.25, -0.2) is 0 Å².